The molecule has 0 aliphatic carbocycles. The second-order valence-electron chi connectivity index (χ2n) is 6.78. The van der Waals surface area contributed by atoms with Gasteiger partial charge in [-0.25, -0.2) is 4.79 Å². The molecule has 0 bridgehead atoms. The lowest BCUT2D eigenvalue weighted by Crippen LogP contribution is -2.40. The number of fused-ring (bicyclic) bond motifs is 3. The third kappa shape index (κ3) is 2.60. The Kier molecular flexibility index (Phi) is 4.40. The SMILES string of the molecule is COCCn1c(=O)c2c(nc3n(-c4ccc(C)c(Cl)c4)c(C)cn23)n(C)c1=O. The number of benzene rings is 1. The van der Waals surface area contributed by atoms with Crippen LogP contribution < -0.4 is 11.2 Å². The van der Waals surface area contributed by atoms with Crippen molar-refractivity contribution in [2.45, 2.75) is 20.4 Å². The number of methoxy groups -OCH3 is 1. The topological polar surface area (TPSA) is 75.5 Å². The van der Waals surface area contributed by atoms with Crippen LogP contribution in [-0.2, 0) is 18.3 Å². The summed E-state index contributed by atoms with van der Waals surface area (Å²) in [5, 5.41) is 0.647. The zero-order valence-corrected chi connectivity index (χ0v) is 16.8. The van der Waals surface area contributed by atoms with Crippen molar-refractivity contribution in [3.05, 3.63) is 61.5 Å². The molecule has 0 saturated carbocycles. The Morgan fingerprint density at radius 1 is 1.21 bits per heavy atom. The molecule has 146 valence electrons. The zero-order valence-electron chi connectivity index (χ0n) is 16.1. The summed E-state index contributed by atoms with van der Waals surface area (Å²) in [5.41, 5.74) is 2.59. The highest BCUT2D eigenvalue weighted by molar-refractivity contribution is 6.31. The predicted molar refractivity (Wildman–Crippen MR) is 108 cm³/mol. The third-order valence-electron chi connectivity index (χ3n) is 4.96. The highest BCUT2D eigenvalue weighted by Crippen LogP contribution is 2.24. The minimum atomic E-state index is -0.419. The minimum absolute atomic E-state index is 0.179. The van der Waals surface area contributed by atoms with Gasteiger partial charge >= 0.3 is 5.69 Å². The van der Waals surface area contributed by atoms with Gasteiger partial charge in [0, 0.05) is 31.1 Å². The first-order chi connectivity index (χ1) is 13.3. The van der Waals surface area contributed by atoms with Gasteiger partial charge in [0.15, 0.2) is 11.2 Å². The minimum Gasteiger partial charge on any atom is -0.383 e. The molecule has 3 heterocycles. The fourth-order valence-electron chi connectivity index (χ4n) is 3.43. The highest BCUT2D eigenvalue weighted by Gasteiger charge is 2.20. The molecule has 0 unspecified atom stereocenters. The lowest BCUT2D eigenvalue weighted by molar-refractivity contribution is 0.184. The van der Waals surface area contributed by atoms with E-state index in [9.17, 15) is 9.59 Å². The van der Waals surface area contributed by atoms with E-state index in [0.29, 0.717) is 22.0 Å². The molecule has 0 saturated heterocycles. The highest BCUT2D eigenvalue weighted by atomic mass is 35.5. The Labute approximate surface area is 165 Å². The molecule has 0 aliphatic heterocycles. The van der Waals surface area contributed by atoms with Crippen molar-refractivity contribution in [2.24, 2.45) is 7.05 Å². The van der Waals surface area contributed by atoms with Gasteiger partial charge in [-0.1, -0.05) is 17.7 Å². The van der Waals surface area contributed by atoms with Gasteiger partial charge in [0.05, 0.1) is 18.8 Å². The van der Waals surface area contributed by atoms with E-state index in [1.165, 1.54) is 16.2 Å². The number of ether oxygens (including phenoxy) is 1. The summed E-state index contributed by atoms with van der Waals surface area (Å²) in [6.07, 6.45) is 1.84. The quantitative estimate of drug-likeness (QED) is 0.524. The molecule has 0 radical (unpaired) electrons. The molecular weight excluding hydrogens is 382 g/mol. The number of imidazole rings is 2. The molecule has 9 heteroatoms. The molecule has 0 spiro atoms. The fourth-order valence-corrected chi connectivity index (χ4v) is 3.61. The number of rotatable bonds is 4. The molecule has 0 amide bonds. The van der Waals surface area contributed by atoms with E-state index in [-0.39, 0.29) is 18.7 Å². The van der Waals surface area contributed by atoms with E-state index < -0.39 is 5.69 Å². The third-order valence-corrected chi connectivity index (χ3v) is 5.37. The van der Waals surface area contributed by atoms with Gasteiger partial charge in [0.25, 0.3) is 5.56 Å². The van der Waals surface area contributed by atoms with E-state index in [1.807, 2.05) is 42.8 Å². The van der Waals surface area contributed by atoms with Crippen LogP contribution in [0.4, 0.5) is 0 Å². The summed E-state index contributed by atoms with van der Waals surface area (Å²) >= 11 is 6.30. The van der Waals surface area contributed by atoms with Crippen LogP contribution >= 0.6 is 11.6 Å². The van der Waals surface area contributed by atoms with Crippen LogP contribution in [0, 0.1) is 13.8 Å². The number of halogens is 1. The maximum absolute atomic E-state index is 13.0. The van der Waals surface area contributed by atoms with Crippen LogP contribution in [0.1, 0.15) is 11.3 Å². The van der Waals surface area contributed by atoms with Crippen molar-refractivity contribution in [1.82, 2.24) is 23.1 Å². The Morgan fingerprint density at radius 2 is 1.96 bits per heavy atom. The van der Waals surface area contributed by atoms with Crippen molar-refractivity contribution in [2.75, 3.05) is 13.7 Å². The van der Waals surface area contributed by atoms with Crippen molar-refractivity contribution >= 4 is 28.5 Å². The van der Waals surface area contributed by atoms with E-state index in [0.717, 1.165) is 16.9 Å². The molecule has 0 fully saturated rings. The summed E-state index contributed by atoms with van der Waals surface area (Å²) in [4.78, 5) is 30.3. The van der Waals surface area contributed by atoms with Crippen LogP contribution in [0.3, 0.4) is 0 Å². The number of aromatic nitrogens is 5. The predicted octanol–water partition coefficient (Wildman–Crippen LogP) is 2.06. The first-order valence-electron chi connectivity index (χ1n) is 8.80. The van der Waals surface area contributed by atoms with E-state index in [1.54, 1.807) is 11.4 Å². The molecule has 3 aromatic heterocycles. The molecule has 8 nitrogen and oxygen atoms in total. The number of hydrogen-bond donors (Lipinski definition) is 0. The largest absolute Gasteiger partial charge is 0.383 e. The zero-order chi connectivity index (χ0) is 20.2. The van der Waals surface area contributed by atoms with Crippen molar-refractivity contribution in [1.29, 1.82) is 0 Å². The number of hydrogen-bond acceptors (Lipinski definition) is 4. The summed E-state index contributed by atoms with van der Waals surface area (Å²) in [6, 6.07) is 5.74. The van der Waals surface area contributed by atoms with E-state index in [2.05, 4.69) is 4.98 Å². The Bertz CT molecular complexity index is 1340. The molecular formula is C19H20ClN5O3. The maximum Gasteiger partial charge on any atom is 0.332 e. The van der Waals surface area contributed by atoms with Gasteiger partial charge in [-0.2, -0.15) is 4.98 Å². The summed E-state index contributed by atoms with van der Waals surface area (Å²) in [5.74, 6) is 0.545. The Hall–Kier alpha value is -2.84. The van der Waals surface area contributed by atoms with Gasteiger partial charge in [-0.05, 0) is 31.5 Å². The van der Waals surface area contributed by atoms with Crippen LogP contribution in [-0.4, -0.2) is 36.8 Å². The maximum atomic E-state index is 13.0. The number of aryl methyl sites for hydroxylation is 3. The summed E-state index contributed by atoms with van der Waals surface area (Å²) in [7, 11) is 3.14. The van der Waals surface area contributed by atoms with E-state index in [4.69, 9.17) is 16.3 Å². The number of nitrogens with zero attached hydrogens (tertiary/aromatic N) is 5. The van der Waals surface area contributed by atoms with Crippen molar-refractivity contribution in [3.8, 4) is 5.69 Å². The molecule has 0 aliphatic rings. The molecule has 0 atom stereocenters. The standard InChI is InChI=1S/C19H20ClN5O3/c1-11-5-6-13(9-14(11)20)25-12(2)10-24-15-16(21-18(24)25)22(3)19(27)23(17(15)26)7-8-28-4/h5-6,9-10H,7-8H2,1-4H3. The second kappa shape index (κ2) is 6.65. The first-order valence-corrected chi connectivity index (χ1v) is 9.18. The van der Waals surface area contributed by atoms with Gasteiger partial charge < -0.3 is 4.74 Å². The molecule has 4 aromatic rings. The normalized spacial score (nSPS) is 11.8. The monoisotopic (exact) mass is 401 g/mol. The fraction of sp³-hybridized carbons (Fsp3) is 0.316. The van der Waals surface area contributed by atoms with Crippen LogP contribution in [0.15, 0.2) is 34.0 Å². The summed E-state index contributed by atoms with van der Waals surface area (Å²) < 4.78 is 11.2. The molecule has 1 aromatic carbocycles. The van der Waals surface area contributed by atoms with Crippen LogP contribution in [0.5, 0.6) is 0 Å². The Morgan fingerprint density at radius 3 is 2.64 bits per heavy atom. The van der Waals surface area contributed by atoms with Gasteiger partial charge in [0.1, 0.15) is 0 Å². The average Bonchev–Trinajstić information content (AvgIpc) is 3.17. The molecule has 4 rings (SSSR count). The first kappa shape index (κ1) is 18.5. The van der Waals surface area contributed by atoms with E-state index >= 15 is 0 Å². The van der Waals surface area contributed by atoms with Gasteiger partial charge in [0.2, 0.25) is 5.78 Å². The van der Waals surface area contributed by atoms with Gasteiger partial charge in [-0.15, -0.1) is 0 Å². The summed E-state index contributed by atoms with van der Waals surface area (Å²) in [6.45, 7) is 4.31. The second-order valence-corrected chi connectivity index (χ2v) is 7.19. The van der Waals surface area contributed by atoms with Crippen LogP contribution in [0.2, 0.25) is 5.02 Å². The van der Waals surface area contributed by atoms with Gasteiger partial charge in [-0.3, -0.25) is 22.9 Å². The average molecular weight is 402 g/mol. The lowest BCUT2D eigenvalue weighted by Gasteiger charge is -2.08. The molecule has 0 N–H and O–H groups in total. The molecule has 28 heavy (non-hydrogen) atoms. The smallest absolute Gasteiger partial charge is 0.332 e. The lowest BCUT2D eigenvalue weighted by atomic mass is 10.2. The van der Waals surface area contributed by atoms with Crippen molar-refractivity contribution < 1.29 is 4.74 Å². The Balaban J connectivity index is 2.07. The van der Waals surface area contributed by atoms with Crippen molar-refractivity contribution in [3.63, 3.8) is 0 Å². The van der Waals surface area contributed by atoms with Crippen LogP contribution in [0.25, 0.3) is 22.6 Å².